The van der Waals surface area contributed by atoms with Crippen LogP contribution in [-0.2, 0) is 4.79 Å². The van der Waals surface area contributed by atoms with Crippen LogP contribution in [0.5, 0.6) is 17.2 Å². The van der Waals surface area contributed by atoms with Gasteiger partial charge in [-0.1, -0.05) is 35.1 Å². The summed E-state index contributed by atoms with van der Waals surface area (Å²) in [6.45, 7) is 3.17. The first-order valence-corrected chi connectivity index (χ1v) is 11.6. The van der Waals surface area contributed by atoms with E-state index in [-0.39, 0.29) is 18.3 Å². The van der Waals surface area contributed by atoms with E-state index >= 15 is 0 Å². The van der Waals surface area contributed by atoms with Gasteiger partial charge >= 0.3 is 0 Å². The number of nitrogens with zero attached hydrogens (tertiary/aromatic N) is 3. The van der Waals surface area contributed by atoms with E-state index in [2.05, 4.69) is 4.90 Å². The number of benzene rings is 2. The van der Waals surface area contributed by atoms with E-state index in [4.69, 9.17) is 30.8 Å². The zero-order chi connectivity index (χ0) is 22.8. The summed E-state index contributed by atoms with van der Waals surface area (Å²) in [6.07, 6.45) is -0.451. The molecule has 7 nitrogen and oxygen atoms in total. The molecule has 0 bridgehead atoms. The molecule has 0 radical (unpaired) electrons. The maximum Gasteiger partial charge on any atom is 0.273 e. The number of aromatic nitrogens is 1. The molecule has 0 saturated carbocycles. The summed E-state index contributed by atoms with van der Waals surface area (Å²) in [7, 11) is 5.60. The number of para-hydroxylation sites is 2. The minimum atomic E-state index is -0.784. The lowest BCUT2D eigenvalue weighted by atomic mass is 10.1. The monoisotopic (exact) mass is 511 g/mol. The van der Waals surface area contributed by atoms with Crippen molar-refractivity contribution >= 4 is 56.6 Å². The molecule has 4 rings (SSSR count). The van der Waals surface area contributed by atoms with E-state index in [1.807, 2.05) is 39.2 Å². The van der Waals surface area contributed by atoms with Gasteiger partial charge in [-0.2, -0.15) is 0 Å². The molecule has 1 aliphatic rings. The Labute approximate surface area is 208 Å². The number of fused-ring (bicyclic) bond motifs is 2. The molecule has 178 valence electrons. The number of methoxy groups -OCH3 is 1. The molecule has 2 unspecified atom stereocenters. The van der Waals surface area contributed by atoms with Gasteiger partial charge < -0.3 is 19.1 Å². The van der Waals surface area contributed by atoms with Gasteiger partial charge in [0, 0.05) is 6.54 Å². The molecule has 2 aromatic carbocycles. The summed E-state index contributed by atoms with van der Waals surface area (Å²) in [5.41, 5.74) is 0.643. The number of carbonyl (C=O) groups excluding carboxylic acids is 1. The molecule has 1 aliphatic heterocycles. The van der Waals surface area contributed by atoms with Crippen molar-refractivity contribution in [3.05, 3.63) is 41.4 Å². The molecule has 0 aliphatic carbocycles. The van der Waals surface area contributed by atoms with Crippen LogP contribution in [-0.4, -0.2) is 62.3 Å². The molecule has 33 heavy (non-hydrogen) atoms. The van der Waals surface area contributed by atoms with Crippen LogP contribution in [0.2, 0.25) is 5.02 Å². The third-order valence-electron chi connectivity index (χ3n) is 5.24. The topological polar surface area (TPSA) is 64.1 Å². The van der Waals surface area contributed by atoms with Crippen LogP contribution in [0.15, 0.2) is 36.4 Å². The van der Waals surface area contributed by atoms with E-state index in [1.165, 1.54) is 11.3 Å². The van der Waals surface area contributed by atoms with Crippen molar-refractivity contribution in [3.8, 4) is 17.2 Å². The minimum Gasteiger partial charge on any atom is -0.494 e. The summed E-state index contributed by atoms with van der Waals surface area (Å²) < 4.78 is 18.3. The summed E-state index contributed by atoms with van der Waals surface area (Å²) in [5.74, 6) is 1.62. The maximum absolute atomic E-state index is 13.7. The number of carbonyl (C=O) groups is 1. The van der Waals surface area contributed by atoms with Crippen LogP contribution < -0.4 is 19.1 Å². The number of hydrogen-bond acceptors (Lipinski definition) is 7. The Morgan fingerprint density at radius 3 is 2.52 bits per heavy atom. The smallest absolute Gasteiger partial charge is 0.273 e. The van der Waals surface area contributed by atoms with Gasteiger partial charge in [0.15, 0.2) is 16.6 Å². The van der Waals surface area contributed by atoms with Gasteiger partial charge in [-0.25, -0.2) is 4.98 Å². The highest BCUT2D eigenvalue weighted by molar-refractivity contribution is 7.23. The van der Waals surface area contributed by atoms with Crippen molar-refractivity contribution in [1.82, 2.24) is 9.88 Å². The van der Waals surface area contributed by atoms with Crippen molar-refractivity contribution < 1.29 is 19.0 Å². The number of hydrogen-bond donors (Lipinski definition) is 0. The molecule has 1 amide bonds. The molecule has 3 aromatic rings. The van der Waals surface area contributed by atoms with Gasteiger partial charge in [0.1, 0.15) is 17.4 Å². The second kappa shape index (κ2) is 10.8. The number of halogens is 2. The highest BCUT2D eigenvalue weighted by Gasteiger charge is 2.38. The third-order valence-corrected chi connectivity index (χ3v) is 6.78. The normalized spacial score (nSPS) is 17.0. The molecular weight excluding hydrogens is 485 g/mol. The van der Waals surface area contributed by atoms with Gasteiger partial charge in [0.25, 0.3) is 5.91 Å². The molecule has 2 atom stereocenters. The molecular formula is C23H27Cl2N3O4S. The lowest BCUT2D eigenvalue weighted by Crippen LogP contribution is -2.51. The van der Waals surface area contributed by atoms with E-state index in [0.717, 1.165) is 17.7 Å². The number of thiazole rings is 1. The molecule has 2 heterocycles. The molecule has 0 fully saturated rings. The summed E-state index contributed by atoms with van der Waals surface area (Å²) in [6, 6.07) is 10.9. The SMILES string of the molecule is COc1ccc(Cl)c2sc(N(CCCN(C)C)C(=O)C3Oc4ccccc4OC3C)nc12.Cl. The minimum absolute atomic E-state index is 0. The summed E-state index contributed by atoms with van der Waals surface area (Å²) in [4.78, 5) is 22.2. The van der Waals surface area contributed by atoms with E-state index in [1.54, 1.807) is 30.2 Å². The van der Waals surface area contributed by atoms with Gasteiger partial charge in [0.05, 0.1) is 16.8 Å². The number of ether oxygens (including phenoxy) is 3. The first-order chi connectivity index (χ1) is 15.4. The van der Waals surface area contributed by atoms with Crippen molar-refractivity contribution in [2.24, 2.45) is 0 Å². The van der Waals surface area contributed by atoms with E-state index < -0.39 is 12.2 Å². The predicted octanol–water partition coefficient (Wildman–Crippen LogP) is 4.89. The standard InChI is InChI=1S/C23H26ClN3O4S.ClH/c1-14-20(31-17-9-6-5-8-16(17)30-14)22(28)27(13-7-12-26(2)3)23-25-19-18(29-4)11-10-15(24)21(19)32-23;/h5-6,8-11,14,20H,7,12-13H2,1-4H3;1H. The van der Waals surface area contributed by atoms with Crippen LogP contribution in [0.1, 0.15) is 13.3 Å². The van der Waals surface area contributed by atoms with Crippen LogP contribution >= 0.6 is 35.3 Å². The number of amides is 1. The molecule has 0 spiro atoms. The zero-order valence-corrected chi connectivity index (χ0v) is 21.3. The molecule has 10 heteroatoms. The average molecular weight is 512 g/mol. The fraction of sp³-hybridized carbons (Fsp3) is 0.391. The van der Waals surface area contributed by atoms with Gasteiger partial charge in [-0.05, 0) is 58.3 Å². The molecule has 0 saturated heterocycles. The molecule has 1 aromatic heterocycles. The van der Waals surface area contributed by atoms with Crippen LogP contribution in [0.4, 0.5) is 5.13 Å². The predicted molar refractivity (Wildman–Crippen MR) is 135 cm³/mol. The lowest BCUT2D eigenvalue weighted by Gasteiger charge is -2.33. The van der Waals surface area contributed by atoms with Crippen molar-refractivity contribution in [2.45, 2.75) is 25.6 Å². The Morgan fingerprint density at radius 2 is 1.85 bits per heavy atom. The third kappa shape index (κ3) is 5.30. The zero-order valence-electron chi connectivity index (χ0n) is 18.9. The number of anilines is 1. The van der Waals surface area contributed by atoms with E-state index in [0.29, 0.717) is 39.5 Å². The first-order valence-electron chi connectivity index (χ1n) is 10.4. The Balaban J connectivity index is 0.00000306. The van der Waals surface area contributed by atoms with Crippen molar-refractivity contribution in [3.63, 3.8) is 0 Å². The summed E-state index contributed by atoms with van der Waals surface area (Å²) >= 11 is 7.79. The van der Waals surface area contributed by atoms with Crippen LogP contribution in [0.25, 0.3) is 10.2 Å². The van der Waals surface area contributed by atoms with Crippen LogP contribution in [0, 0.1) is 0 Å². The van der Waals surface area contributed by atoms with Gasteiger partial charge in [-0.15, -0.1) is 12.4 Å². The second-order valence-electron chi connectivity index (χ2n) is 7.88. The average Bonchev–Trinajstić information content (AvgIpc) is 3.22. The fourth-order valence-electron chi connectivity index (χ4n) is 3.61. The highest BCUT2D eigenvalue weighted by atomic mass is 35.5. The quantitative estimate of drug-likeness (QED) is 0.449. The maximum atomic E-state index is 13.7. The highest BCUT2D eigenvalue weighted by Crippen LogP contribution is 2.40. The number of rotatable bonds is 7. The Hall–Kier alpha value is -2.26. The van der Waals surface area contributed by atoms with Gasteiger partial charge in [0.2, 0.25) is 6.10 Å². The second-order valence-corrected chi connectivity index (χ2v) is 9.26. The van der Waals surface area contributed by atoms with Crippen LogP contribution in [0.3, 0.4) is 0 Å². The fourth-order valence-corrected chi connectivity index (χ4v) is 4.90. The van der Waals surface area contributed by atoms with E-state index in [9.17, 15) is 4.79 Å². The Kier molecular flexibility index (Phi) is 8.28. The van der Waals surface area contributed by atoms with Gasteiger partial charge in [-0.3, -0.25) is 9.69 Å². The van der Waals surface area contributed by atoms with Crippen molar-refractivity contribution in [1.29, 1.82) is 0 Å². The summed E-state index contributed by atoms with van der Waals surface area (Å²) in [5, 5.41) is 1.13. The first kappa shape index (κ1) is 25.4. The largest absolute Gasteiger partial charge is 0.494 e. The lowest BCUT2D eigenvalue weighted by molar-refractivity contribution is -0.130. The Bertz CT molecular complexity index is 1120. The molecule has 0 N–H and O–H groups in total. The van der Waals surface area contributed by atoms with Crippen molar-refractivity contribution in [2.75, 3.05) is 39.2 Å². The Morgan fingerprint density at radius 1 is 1.15 bits per heavy atom.